The molecule has 0 aliphatic heterocycles. The Morgan fingerprint density at radius 3 is 2.44 bits per heavy atom. The highest BCUT2D eigenvalue weighted by molar-refractivity contribution is 5.80. The number of hydrogen-bond acceptors (Lipinski definition) is 3. The van der Waals surface area contributed by atoms with Gasteiger partial charge in [0, 0.05) is 12.5 Å². The molecule has 1 aliphatic carbocycles. The van der Waals surface area contributed by atoms with E-state index in [1.165, 1.54) is 12.0 Å². The Balaban J connectivity index is 1.83. The van der Waals surface area contributed by atoms with Gasteiger partial charge in [-0.3, -0.25) is 14.2 Å². The number of carbonyl (C=O) groups is 1. The highest BCUT2D eigenvalue weighted by atomic mass is 16.2. The van der Waals surface area contributed by atoms with Crippen LogP contribution in [0.15, 0.2) is 53.3 Å². The van der Waals surface area contributed by atoms with E-state index in [0.29, 0.717) is 23.3 Å². The lowest BCUT2D eigenvalue weighted by Crippen LogP contribution is -2.41. The number of aryl methyl sites for hydroxylation is 1. The van der Waals surface area contributed by atoms with Crippen LogP contribution in [0.5, 0.6) is 0 Å². The van der Waals surface area contributed by atoms with Crippen LogP contribution in [-0.4, -0.2) is 26.9 Å². The summed E-state index contributed by atoms with van der Waals surface area (Å²) in [5.74, 6) is 0.932. The number of para-hydroxylation sites is 1. The molecular formula is C29H37N3O2. The van der Waals surface area contributed by atoms with Crippen molar-refractivity contribution in [2.24, 2.45) is 5.92 Å². The van der Waals surface area contributed by atoms with Gasteiger partial charge >= 0.3 is 0 Å². The quantitative estimate of drug-likeness (QED) is 0.402. The lowest BCUT2D eigenvalue weighted by Gasteiger charge is -2.34. The van der Waals surface area contributed by atoms with Gasteiger partial charge in [0.25, 0.3) is 5.56 Å². The van der Waals surface area contributed by atoms with Crippen molar-refractivity contribution in [3.8, 4) is 5.69 Å². The van der Waals surface area contributed by atoms with E-state index < -0.39 is 0 Å². The van der Waals surface area contributed by atoms with Crippen LogP contribution >= 0.6 is 0 Å². The van der Waals surface area contributed by atoms with Gasteiger partial charge in [-0.05, 0) is 62.4 Å². The normalized spacial score (nSPS) is 15.4. The Kier molecular flexibility index (Phi) is 7.81. The zero-order valence-corrected chi connectivity index (χ0v) is 20.8. The number of rotatable bonds is 8. The van der Waals surface area contributed by atoms with Crippen molar-refractivity contribution in [2.45, 2.75) is 78.2 Å². The van der Waals surface area contributed by atoms with Crippen LogP contribution < -0.4 is 5.56 Å². The molecule has 4 rings (SSSR count). The summed E-state index contributed by atoms with van der Waals surface area (Å²) in [4.78, 5) is 34.4. The van der Waals surface area contributed by atoms with E-state index in [0.717, 1.165) is 50.6 Å². The summed E-state index contributed by atoms with van der Waals surface area (Å²) in [5, 5.41) is 0.594. The summed E-state index contributed by atoms with van der Waals surface area (Å²) in [5.41, 5.74) is 2.61. The number of nitrogens with zero attached hydrogens (tertiary/aromatic N) is 3. The lowest BCUT2D eigenvalue weighted by atomic mass is 9.88. The van der Waals surface area contributed by atoms with Crippen LogP contribution in [0.2, 0.25) is 0 Å². The first-order valence-corrected chi connectivity index (χ1v) is 13.0. The first-order chi connectivity index (χ1) is 16.5. The van der Waals surface area contributed by atoms with Crippen molar-refractivity contribution in [3.05, 3.63) is 70.3 Å². The fourth-order valence-corrected chi connectivity index (χ4v) is 5.11. The van der Waals surface area contributed by atoms with E-state index in [4.69, 9.17) is 4.98 Å². The maximum atomic E-state index is 13.7. The monoisotopic (exact) mass is 459 g/mol. The second-order valence-electron chi connectivity index (χ2n) is 9.54. The number of unbranched alkanes of at least 4 members (excludes halogenated alkanes) is 1. The number of benzene rings is 2. The molecule has 1 saturated carbocycles. The summed E-state index contributed by atoms with van der Waals surface area (Å²) >= 11 is 0. The second-order valence-corrected chi connectivity index (χ2v) is 9.54. The van der Waals surface area contributed by atoms with E-state index >= 15 is 0 Å². The molecule has 1 aliphatic rings. The van der Waals surface area contributed by atoms with Crippen molar-refractivity contribution in [1.29, 1.82) is 0 Å². The molecule has 5 heteroatoms. The largest absolute Gasteiger partial charge is 0.333 e. The topological polar surface area (TPSA) is 55.2 Å². The Morgan fingerprint density at radius 2 is 1.76 bits per heavy atom. The van der Waals surface area contributed by atoms with E-state index in [1.807, 2.05) is 48.2 Å². The number of fused-ring (bicyclic) bond motifs is 1. The molecule has 3 aromatic rings. The van der Waals surface area contributed by atoms with Gasteiger partial charge in [0.1, 0.15) is 5.82 Å². The molecule has 0 spiro atoms. The molecule has 180 valence electrons. The predicted molar refractivity (Wildman–Crippen MR) is 138 cm³/mol. The molecule has 1 atom stereocenters. The second kappa shape index (κ2) is 11.0. The van der Waals surface area contributed by atoms with Crippen LogP contribution in [0.25, 0.3) is 16.6 Å². The van der Waals surface area contributed by atoms with Crippen molar-refractivity contribution >= 4 is 16.8 Å². The summed E-state index contributed by atoms with van der Waals surface area (Å²) in [6, 6.07) is 15.3. The highest BCUT2D eigenvalue weighted by Crippen LogP contribution is 2.30. The van der Waals surface area contributed by atoms with Gasteiger partial charge in [-0.2, -0.15) is 0 Å². The molecule has 1 fully saturated rings. The number of hydrogen-bond donors (Lipinski definition) is 0. The van der Waals surface area contributed by atoms with E-state index in [-0.39, 0.29) is 23.4 Å². The molecule has 1 aromatic heterocycles. The number of carbonyl (C=O) groups excluding carboxylic acids is 1. The van der Waals surface area contributed by atoms with Gasteiger partial charge in [-0.1, -0.05) is 63.8 Å². The average Bonchev–Trinajstić information content (AvgIpc) is 2.89. The Bertz CT molecular complexity index is 1180. The molecule has 0 bridgehead atoms. The standard InChI is InChI=1S/C29H37N3O2/c1-4-6-20-31(28(33)23-12-8-7-9-13-23)21(3)27-30-26-15-11-10-14-25(26)29(34)32(27)24-18-16-22(5-2)17-19-24/h10-11,14-19,21,23H,4-9,12-13,20H2,1-3H3. The van der Waals surface area contributed by atoms with Crippen LogP contribution in [0, 0.1) is 5.92 Å². The Hall–Kier alpha value is -2.95. The molecule has 0 radical (unpaired) electrons. The molecule has 0 saturated heterocycles. The minimum atomic E-state index is -0.302. The molecule has 34 heavy (non-hydrogen) atoms. The van der Waals surface area contributed by atoms with Gasteiger partial charge in [-0.15, -0.1) is 0 Å². The minimum Gasteiger partial charge on any atom is -0.333 e. The van der Waals surface area contributed by atoms with Crippen molar-refractivity contribution < 1.29 is 4.79 Å². The van der Waals surface area contributed by atoms with Crippen LogP contribution in [0.4, 0.5) is 0 Å². The first kappa shape index (κ1) is 24.2. The lowest BCUT2D eigenvalue weighted by molar-refractivity contribution is -0.139. The average molecular weight is 460 g/mol. The zero-order chi connectivity index (χ0) is 24.1. The van der Waals surface area contributed by atoms with Crippen molar-refractivity contribution in [2.75, 3.05) is 6.54 Å². The smallest absolute Gasteiger partial charge is 0.266 e. The SMILES string of the molecule is CCCCN(C(=O)C1CCCCC1)C(C)c1nc2ccccc2c(=O)n1-c1ccc(CC)cc1. The van der Waals surface area contributed by atoms with Crippen LogP contribution in [0.1, 0.15) is 83.1 Å². The maximum Gasteiger partial charge on any atom is 0.266 e. The van der Waals surface area contributed by atoms with E-state index in [9.17, 15) is 9.59 Å². The van der Waals surface area contributed by atoms with E-state index in [1.54, 1.807) is 4.57 Å². The predicted octanol–water partition coefficient (Wildman–Crippen LogP) is 6.22. The van der Waals surface area contributed by atoms with Crippen LogP contribution in [-0.2, 0) is 11.2 Å². The zero-order valence-electron chi connectivity index (χ0n) is 20.8. The van der Waals surface area contributed by atoms with Gasteiger partial charge in [0.15, 0.2) is 0 Å². The highest BCUT2D eigenvalue weighted by Gasteiger charge is 2.31. The van der Waals surface area contributed by atoms with Gasteiger partial charge in [0.2, 0.25) is 5.91 Å². The van der Waals surface area contributed by atoms with E-state index in [2.05, 4.69) is 26.0 Å². The molecule has 1 amide bonds. The van der Waals surface area contributed by atoms with Gasteiger partial charge < -0.3 is 4.90 Å². The van der Waals surface area contributed by atoms with Gasteiger partial charge in [0.05, 0.1) is 22.6 Å². The Morgan fingerprint density at radius 1 is 1.06 bits per heavy atom. The minimum absolute atomic E-state index is 0.0810. The molecule has 5 nitrogen and oxygen atoms in total. The molecule has 1 heterocycles. The molecular weight excluding hydrogens is 422 g/mol. The third-order valence-corrected chi connectivity index (χ3v) is 7.24. The van der Waals surface area contributed by atoms with Crippen molar-refractivity contribution in [3.63, 3.8) is 0 Å². The number of amides is 1. The summed E-state index contributed by atoms with van der Waals surface area (Å²) < 4.78 is 1.72. The summed E-state index contributed by atoms with van der Waals surface area (Å²) in [6.07, 6.45) is 8.27. The molecule has 2 aromatic carbocycles. The fraction of sp³-hybridized carbons (Fsp3) is 0.483. The first-order valence-electron chi connectivity index (χ1n) is 13.0. The third-order valence-electron chi connectivity index (χ3n) is 7.24. The van der Waals surface area contributed by atoms with Crippen LogP contribution in [0.3, 0.4) is 0 Å². The maximum absolute atomic E-state index is 13.7. The third kappa shape index (κ3) is 4.94. The fourth-order valence-electron chi connectivity index (χ4n) is 5.11. The van der Waals surface area contributed by atoms with Crippen molar-refractivity contribution in [1.82, 2.24) is 14.5 Å². The molecule has 1 unspecified atom stereocenters. The number of aromatic nitrogens is 2. The summed E-state index contributed by atoms with van der Waals surface area (Å²) in [7, 11) is 0. The Labute approximate surface area is 202 Å². The van der Waals surface area contributed by atoms with Gasteiger partial charge in [-0.25, -0.2) is 4.98 Å². The molecule has 0 N–H and O–H groups in total. The summed E-state index contributed by atoms with van der Waals surface area (Å²) in [6.45, 7) is 6.98.